The molecule has 0 spiro atoms. The molecule has 0 atom stereocenters. The van der Waals surface area contributed by atoms with Crippen LogP contribution >= 0.6 is 15.9 Å². The van der Waals surface area contributed by atoms with Gasteiger partial charge in [-0.05, 0) is 24.5 Å². The van der Waals surface area contributed by atoms with Crippen LogP contribution in [0.3, 0.4) is 0 Å². The van der Waals surface area contributed by atoms with Gasteiger partial charge in [0, 0.05) is 17.1 Å². The molecule has 4 heteroatoms. The van der Waals surface area contributed by atoms with E-state index in [4.69, 9.17) is 0 Å². The van der Waals surface area contributed by atoms with Gasteiger partial charge in [-0.3, -0.25) is 0 Å². The van der Waals surface area contributed by atoms with Crippen LogP contribution in [-0.2, 0) is 6.54 Å². The third-order valence-corrected chi connectivity index (χ3v) is 3.86. The predicted molar refractivity (Wildman–Crippen MR) is 71.8 cm³/mol. The number of carbonyl (C=O) groups excluding carboxylic acids is 1. The van der Waals surface area contributed by atoms with E-state index in [1.165, 1.54) is 12.8 Å². The molecule has 0 unspecified atom stereocenters. The summed E-state index contributed by atoms with van der Waals surface area (Å²) in [6.07, 6.45) is 4.69. The lowest BCUT2D eigenvalue weighted by molar-refractivity contribution is 0.236. The zero-order chi connectivity index (χ0) is 12.1. The summed E-state index contributed by atoms with van der Waals surface area (Å²) in [6.45, 7) is 0.556. The summed E-state index contributed by atoms with van der Waals surface area (Å²) in [7, 11) is 0. The first kappa shape index (κ1) is 12.4. The van der Waals surface area contributed by atoms with Gasteiger partial charge in [0.05, 0.1) is 0 Å². The van der Waals surface area contributed by atoms with Crippen molar-refractivity contribution in [3.63, 3.8) is 0 Å². The van der Waals surface area contributed by atoms with E-state index in [2.05, 4.69) is 26.6 Å². The molecule has 0 saturated heterocycles. The lowest BCUT2D eigenvalue weighted by Crippen LogP contribution is -2.40. The van der Waals surface area contributed by atoms with Crippen LogP contribution in [0.1, 0.15) is 31.2 Å². The van der Waals surface area contributed by atoms with Crippen LogP contribution in [0.5, 0.6) is 0 Å². The fourth-order valence-electron chi connectivity index (χ4n) is 2.12. The highest BCUT2D eigenvalue weighted by Gasteiger charge is 2.16. The number of hydrogen-bond acceptors (Lipinski definition) is 1. The molecule has 2 rings (SSSR count). The van der Waals surface area contributed by atoms with Gasteiger partial charge in [0.15, 0.2) is 0 Å². The third-order valence-electron chi connectivity index (χ3n) is 3.09. The minimum Gasteiger partial charge on any atom is -0.335 e. The van der Waals surface area contributed by atoms with Gasteiger partial charge >= 0.3 is 6.03 Å². The van der Waals surface area contributed by atoms with E-state index in [1.54, 1.807) is 0 Å². The molecule has 1 fully saturated rings. The van der Waals surface area contributed by atoms with Crippen LogP contribution < -0.4 is 10.6 Å². The molecule has 0 bridgehead atoms. The number of urea groups is 1. The van der Waals surface area contributed by atoms with Crippen LogP contribution in [0.15, 0.2) is 28.7 Å². The van der Waals surface area contributed by atoms with Gasteiger partial charge in [-0.2, -0.15) is 0 Å². The second-order valence-corrected chi connectivity index (χ2v) is 5.25. The summed E-state index contributed by atoms with van der Waals surface area (Å²) < 4.78 is 1.03. The molecule has 1 aromatic rings. The van der Waals surface area contributed by atoms with E-state index in [-0.39, 0.29) is 6.03 Å². The minimum absolute atomic E-state index is 0.0624. The molecule has 0 aliphatic heterocycles. The summed E-state index contributed by atoms with van der Waals surface area (Å²) in [4.78, 5) is 11.6. The van der Waals surface area contributed by atoms with Crippen molar-refractivity contribution in [2.75, 3.05) is 0 Å². The number of benzene rings is 1. The fourth-order valence-corrected chi connectivity index (χ4v) is 2.55. The first-order valence-electron chi connectivity index (χ1n) is 6.03. The molecule has 1 aliphatic carbocycles. The first-order chi connectivity index (χ1) is 8.25. The van der Waals surface area contributed by atoms with E-state index in [0.29, 0.717) is 12.6 Å². The highest BCUT2D eigenvalue weighted by atomic mass is 79.9. The maximum absolute atomic E-state index is 11.6. The molecule has 0 heterocycles. The van der Waals surface area contributed by atoms with E-state index in [9.17, 15) is 4.79 Å². The molecule has 17 heavy (non-hydrogen) atoms. The highest BCUT2D eigenvalue weighted by Crippen LogP contribution is 2.18. The van der Waals surface area contributed by atoms with Crippen molar-refractivity contribution in [1.82, 2.24) is 10.6 Å². The maximum atomic E-state index is 11.6. The molecule has 1 aromatic carbocycles. The Hall–Kier alpha value is -1.03. The van der Waals surface area contributed by atoms with Crippen LogP contribution in [-0.4, -0.2) is 12.1 Å². The Morgan fingerprint density at radius 1 is 1.29 bits per heavy atom. The average molecular weight is 297 g/mol. The molecule has 0 aromatic heterocycles. The van der Waals surface area contributed by atoms with E-state index < -0.39 is 0 Å². The van der Waals surface area contributed by atoms with E-state index in [1.807, 2.05) is 24.3 Å². The Morgan fingerprint density at radius 3 is 2.71 bits per heavy atom. The van der Waals surface area contributed by atoms with Crippen LogP contribution in [0, 0.1) is 0 Å². The van der Waals surface area contributed by atoms with Crippen LogP contribution in [0.4, 0.5) is 4.79 Å². The van der Waals surface area contributed by atoms with Crippen molar-refractivity contribution in [2.45, 2.75) is 38.3 Å². The summed E-state index contributed by atoms with van der Waals surface area (Å²) in [5, 5.41) is 5.89. The summed E-state index contributed by atoms with van der Waals surface area (Å²) >= 11 is 3.46. The van der Waals surface area contributed by atoms with Gasteiger partial charge in [-0.1, -0.05) is 47.0 Å². The average Bonchev–Trinajstić information content (AvgIpc) is 2.81. The first-order valence-corrected chi connectivity index (χ1v) is 6.83. The Labute approximate surface area is 110 Å². The number of amides is 2. The lowest BCUT2D eigenvalue weighted by atomic mass is 10.2. The minimum atomic E-state index is -0.0624. The zero-order valence-electron chi connectivity index (χ0n) is 9.71. The lowest BCUT2D eigenvalue weighted by Gasteiger charge is -2.13. The smallest absolute Gasteiger partial charge is 0.315 e. The highest BCUT2D eigenvalue weighted by molar-refractivity contribution is 9.10. The van der Waals surface area contributed by atoms with Crippen LogP contribution in [0.25, 0.3) is 0 Å². The standard InChI is InChI=1S/C13H17BrN2O/c14-12-8-4-1-5-10(12)9-15-13(17)16-11-6-2-3-7-11/h1,4-5,8,11H,2-3,6-7,9H2,(H2,15,16,17). The quantitative estimate of drug-likeness (QED) is 0.884. The third kappa shape index (κ3) is 3.73. The van der Waals surface area contributed by atoms with Crippen molar-refractivity contribution in [1.29, 1.82) is 0 Å². The Balaban J connectivity index is 1.77. The zero-order valence-corrected chi connectivity index (χ0v) is 11.3. The Bertz CT molecular complexity index is 389. The normalized spacial score (nSPS) is 15.8. The molecule has 92 valence electrons. The van der Waals surface area contributed by atoms with Crippen molar-refractivity contribution >= 4 is 22.0 Å². The van der Waals surface area contributed by atoms with E-state index in [0.717, 1.165) is 22.9 Å². The molecular weight excluding hydrogens is 280 g/mol. The molecule has 2 amide bonds. The fraction of sp³-hybridized carbons (Fsp3) is 0.462. The summed E-state index contributed by atoms with van der Waals surface area (Å²) in [6, 6.07) is 8.22. The second kappa shape index (κ2) is 6.05. The van der Waals surface area contributed by atoms with Crippen molar-refractivity contribution < 1.29 is 4.79 Å². The van der Waals surface area contributed by atoms with Crippen molar-refractivity contribution in [2.24, 2.45) is 0 Å². The number of hydrogen-bond donors (Lipinski definition) is 2. The summed E-state index contributed by atoms with van der Waals surface area (Å²) in [5.74, 6) is 0. The topological polar surface area (TPSA) is 41.1 Å². The maximum Gasteiger partial charge on any atom is 0.315 e. The van der Waals surface area contributed by atoms with Gasteiger partial charge in [0.25, 0.3) is 0 Å². The number of rotatable bonds is 3. The van der Waals surface area contributed by atoms with Crippen molar-refractivity contribution in [3.8, 4) is 0 Å². The van der Waals surface area contributed by atoms with Gasteiger partial charge in [0.2, 0.25) is 0 Å². The largest absolute Gasteiger partial charge is 0.335 e. The summed E-state index contributed by atoms with van der Waals surface area (Å²) in [5.41, 5.74) is 1.09. The molecule has 0 radical (unpaired) electrons. The van der Waals surface area contributed by atoms with Crippen molar-refractivity contribution in [3.05, 3.63) is 34.3 Å². The van der Waals surface area contributed by atoms with E-state index >= 15 is 0 Å². The Kier molecular flexibility index (Phi) is 4.42. The number of halogens is 1. The van der Waals surface area contributed by atoms with Gasteiger partial charge < -0.3 is 10.6 Å². The molecule has 1 saturated carbocycles. The number of nitrogens with one attached hydrogen (secondary N) is 2. The van der Waals surface area contributed by atoms with Gasteiger partial charge in [-0.15, -0.1) is 0 Å². The second-order valence-electron chi connectivity index (χ2n) is 4.40. The van der Waals surface area contributed by atoms with Crippen LogP contribution in [0.2, 0.25) is 0 Å². The molecule has 2 N–H and O–H groups in total. The predicted octanol–water partition coefficient (Wildman–Crippen LogP) is 3.19. The number of carbonyl (C=O) groups is 1. The SMILES string of the molecule is O=C(NCc1ccccc1Br)NC1CCCC1. The Morgan fingerprint density at radius 2 is 2.00 bits per heavy atom. The molecule has 1 aliphatic rings. The molecule has 3 nitrogen and oxygen atoms in total. The van der Waals surface area contributed by atoms with Gasteiger partial charge in [0.1, 0.15) is 0 Å². The van der Waals surface area contributed by atoms with Gasteiger partial charge in [-0.25, -0.2) is 4.79 Å². The molecular formula is C13H17BrN2O. The monoisotopic (exact) mass is 296 g/mol.